The van der Waals surface area contributed by atoms with E-state index in [2.05, 4.69) is 0 Å². The van der Waals surface area contributed by atoms with Crippen molar-refractivity contribution in [3.05, 3.63) is 17.0 Å². The molecule has 6 heteroatoms. The molecule has 17 heavy (non-hydrogen) atoms. The highest BCUT2D eigenvalue weighted by Gasteiger charge is 2.30. The van der Waals surface area contributed by atoms with Crippen LogP contribution < -0.4 is 5.73 Å². The predicted molar refractivity (Wildman–Crippen MR) is 69.6 cm³/mol. The molecule has 0 aromatic carbocycles. The topological polar surface area (TPSA) is 63.4 Å². The SMILES string of the molecule is Cc1ccc(S(=O)(=O)N2CCCC(CN)C2)s1. The van der Waals surface area contributed by atoms with Crippen LogP contribution in [0.25, 0.3) is 0 Å². The van der Waals surface area contributed by atoms with E-state index in [9.17, 15) is 8.42 Å². The second-order valence-corrected chi connectivity index (χ2v) is 7.92. The second kappa shape index (κ2) is 5.06. The molecule has 2 N–H and O–H groups in total. The Morgan fingerprint density at radius 2 is 2.29 bits per heavy atom. The van der Waals surface area contributed by atoms with Gasteiger partial charge in [-0.05, 0) is 44.4 Å². The summed E-state index contributed by atoms with van der Waals surface area (Å²) in [4.78, 5) is 1.02. The lowest BCUT2D eigenvalue weighted by Gasteiger charge is -2.30. The first-order valence-electron chi connectivity index (χ1n) is 5.80. The number of piperidine rings is 1. The quantitative estimate of drug-likeness (QED) is 0.906. The van der Waals surface area contributed by atoms with E-state index >= 15 is 0 Å². The summed E-state index contributed by atoms with van der Waals surface area (Å²) in [5.41, 5.74) is 5.63. The van der Waals surface area contributed by atoms with Gasteiger partial charge in [-0.25, -0.2) is 8.42 Å². The number of thiophene rings is 1. The van der Waals surface area contributed by atoms with Gasteiger partial charge in [0.2, 0.25) is 0 Å². The average molecular weight is 274 g/mol. The summed E-state index contributed by atoms with van der Waals surface area (Å²) in [6.45, 7) is 3.67. The predicted octanol–water partition coefficient (Wildman–Crippen LogP) is 1.42. The maximum atomic E-state index is 12.4. The number of hydrogen-bond acceptors (Lipinski definition) is 4. The normalized spacial score (nSPS) is 22.8. The van der Waals surface area contributed by atoms with Gasteiger partial charge in [0, 0.05) is 18.0 Å². The van der Waals surface area contributed by atoms with Gasteiger partial charge in [0.05, 0.1) is 0 Å². The highest BCUT2D eigenvalue weighted by atomic mass is 32.2. The molecular formula is C11H18N2O2S2. The van der Waals surface area contributed by atoms with E-state index in [1.54, 1.807) is 10.4 Å². The van der Waals surface area contributed by atoms with Crippen LogP contribution >= 0.6 is 11.3 Å². The van der Waals surface area contributed by atoms with Gasteiger partial charge < -0.3 is 5.73 Å². The number of nitrogens with zero attached hydrogens (tertiary/aromatic N) is 1. The standard InChI is InChI=1S/C11H18N2O2S2/c1-9-4-5-11(16-9)17(14,15)13-6-2-3-10(7-12)8-13/h4-5,10H,2-3,6-8,12H2,1H3. The lowest BCUT2D eigenvalue weighted by molar-refractivity contribution is 0.272. The Morgan fingerprint density at radius 1 is 1.53 bits per heavy atom. The zero-order chi connectivity index (χ0) is 12.5. The van der Waals surface area contributed by atoms with Crippen LogP contribution in [-0.4, -0.2) is 32.4 Å². The highest BCUT2D eigenvalue weighted by Crippen LogP contribution is 2.27. The van der Waals surface area contributed by atoms with E-state index in [-0.39, 0.29) is 0 Å². The molecule has 0 aliphatic carbocycles. The van der Waals surface area contributed by atoms with Gasteiger partial charge in [0.1, 0.15) is 4.21 Å². The molecule has 1 unspecified atom stereocenters. The molecule has 0 radical (unpaired) electrons. The fourth-order valence-corrected chi connectivity index (χ4v) is 5.11. The van der Waals surface area contributed by atoms with Gasteiger partial charge in [-0.2, -0.15) is 4.31 Å². The third kappa shape index (κ3) is 2.70. The van der Waals surface area contributed by atoms with Gasteiger partial charge in [-0.1, -0.05) is 0 Å². The lowest BCUT2D eigenvalue weighted by Crippen LogP contribution is -2.41. The van der Waals surface area contributed by atoms with E-state index in [0.29, 0.717) is 29.8 Å². The van der Waals surface area contributed by atoms with Crippen molar-refractivity contribution >= 4 is 21.4 Å². The van der Waals surface area contributed by atoms with E-state index in [0.717, 1.165) is 17.7 Å². The van der Waals surface area contributed by atoms with Gasteiger partial charge in [0.15, 0.2) is 0 Å². The number of sulfonamides is 1. The van der Waals surface area contributed by atoms with Crippen LogP contribution in [-0.2, 0) is 10.0 Å². The van der Waals surface area contributed by atoms with E-state index in [4.69, 9.17) is 5.73 Å². The molecule has 2 heterocycles. The van der Waals surface area contributed by atoms with Crippen molar-refractivity contribution in [3.63, 3.8) is 0 Å². The van der Waals surface area contributed by atoms with Crippen LogP contribution in [0.4, 0.5) is 0 Å². The monoisotopic (exact) mass is 274 g/mol. The number of rotatable bonds is 3. The van der Waals surface area contributed by atoms with Gasteiger partial charge in [-0.15, -0.1) is 11.3 Å². The molecule has 1 aromatic rings. The smallest absolute Gasteiger partial charge is 0.252 e. The molecule has 1 aliphatic rings. The average Bonchev–Trinajstić information content (AvgIpc) is 2.76. The molecule has 1 aromatic heterocycles. The largest absolute Gasteiger partial charge is 0.330 e. The fourth-order valence-electron chi connectivity index (χ4n) is 2.12. The lowest BCUT2D eigenvalue weighted by atomic mass is 10.0. The summed E-state index contributed by atoms with van der Waals surface area (Å²) in [6, 6.07) is 3.54. The molecule has 4 nitrogen and oxygen atoms in total. The Balaban J connectivity index is 2.21. The fraction of sp³-hybridized carbons (Fsp3) is 0.636. The van der Waals surface area contributed by atoms with Crippen molar-refractivity contribution < 1.29 is 8.42 Å². The minimum absolute atomic E-state index is 0.305. The molecule has 1 atom stereocenters. The second-order valence-electron chi connectivity index (χ2n) is 4.47. The van der Waals surface area contributed by atoms with Crippen molar-refractivity contribution in [1.29, 1.82) is 0 Å². The minimum Gasteiger partial charge on any atom is -0.330 e. The maximum Gasteiger partial charge on any atom is 0.252 e. The van der Waals surface area contributed by atoms with Gasteiger partial charge >= 0.3 is 0 Å². The van der Waals surface area contributed by atoms with Crippen LogP contribution in [0.2, 0.25) is 0 Å². The van der Waals surface area contributed by atoms with Gasteiger partial charge in [0.25, 0.3) is 10.0 Å². The number of hydrogen-bond donors (Lipinski definition) is 1. The van der Waals surface area contributed by atoms with Crippen molar-refractivity contribution in [3.8, 4) is 0 Å². The van der Waals surface area contributed by atoms with Crippen LogP contribution in [0.5, 0.6) is 0 Å². The van der Waals surface area contributed by atoms with Crippen LogP contribution in [0.1, 0.15) is 17.7 Å². The molecule has 0 spiro atoms. The third-order valence-electron chi connectivity index (χ3n) is 3.12. The van der Waals surface area contributed by atoms with Crippen LogP contribution in [0.15, 0.2) is 16.3 Å². The summed E-state index contributed by atoms with van der Waals surface area (Å²) in [6.07, 6.45) is 1.94. The first-order chi connectivity index (χ1) is 8.04. The summed E-state index contributed by atoms with van der Waals surface area (Å²) in [7, 11) is -3.29. The third-order valence-corrected chi connectivity index (χ3v) is 6.46. The maximum absolute atomic E-state index is 12.4. The molecule has 0 bridgehead atoms. The molecule has 0 amide bonds. The highest BCUT2D eigenvalue weighted by molar-refractivity contribution is 7.91. The van der Waals surface area contributed by atoms with Crippen molar-refractivity contribution in [1.82, 2.24) is 4.31 Å². The van der Waals surface area contributed by atoms with Crippen LogP contribution in [0.3, 0.4) is 0 Å². The molecule has 2 rings (SSSR count). The Labute approximate surface area is 106 Å². The van der Waals surface area contributed by atoms with Crippen molar-refractivity contribution in [2.45, 2.75) is 24.0 Å². The molecule has 1 fully saturated rings. The molecule has 1 aliphatic heterocycles. The Bertz CT molecular complexity index is 481. The van der Waals surface area contributed by atoms with E-state index in [1.807, 2.05) is 13.0 Å². The summed E-state index contributed by atoms with van der Waals surface area (Å²) in [5, 5.41) is 0. The Hall–Kier alpha value is -0.430. The van der Waals surface area contributed by atoms with Crippen LogP contribution in [0, 0.1) is 12.8 Å². The number of nitrogens with two attached hydrogens (primary N) is 1. The molecule has 1 saturated heterocycles. The Kier molecular flexibility index (Phi) is 3.87. The zero-order valence-corrected chi connectivity index (χ0v) is 11.6. The molecule has 96 valence electrons. The molecule has 0 saturated carbocycles. The van der Waals surface area contributed by atoms with Crippen molar-refractivity contribution in [2.75, 3.05) is 19.6 Å². The summed E-state index contributed by atoms with van der Waals surface area (Å²) < 4.78 is 26.7. The van der Waals surface area contributed by atoms with Crippen molar-refractivity contribution in [2.24, 2.45) is 11.7 Å². The first kappa shape index (κ1) is 13.0. The zero-order valence-electron chi connectivity index (χ0n) is 9.93. The van der Waals surface area contributed by atoms with Gasteiger partial charge in [-0.3, -0.25) is 0 Å². The van der Waals surface area contributed by atoms with E-state index in [1.165, 1.54) is 11.3 Å². The summed E-state index contributed by atoms with van der Waals surface area (Å²) in [5.74, 6) is 0.305. The van der Waals surface area contributed by atoms with E-state index < -0.39 is 10.0 Å². The number of aryl methyl sites for hydroxylation is 1. The minimum atomic E-state index is -3.29. The Morgan fingerprint density at radius 3 is 2.88 bits per heavy atom. The summed E-state index contributed by atoms with van der Waals surface area (Å²) >= 11 is 1.34. The first-order valence-corrected chi connectivity index (χ1v) is 8.06. The molecular weight excluding hydrogens is 256 g/mol.